The zero-order valence-electron chi connectivity index (χ0n) is 50.8. The smallest absolute Gasteiger partial charge is 0.116 e. The quantitative estimate of drug-likeness (QED) is 0.0357. The van der Waals surface area contributed by atoms with Gasteiger partial charge in [-0.05, 0) is 85.4 Å². The number of unbranched alkanes of at least 4 members (excludes halogenated alkanes) is 32. The fraction of sp³-hybridized carbons (Fsp3) is 0.690. The molecular weight excluding hydrogens is 1160 g/mol. The molecule has 4 heterocycles. The molecule has 0 spiro atoms. The fourth-order valence-electron chi connectivity index (χ4n) is 13.1. The lowest BCUT2D eigenvalue weighted by molar-refractivity contribution is 0.400. The second-order valence-corrected chi connectivity index (χ2v) is 30.0. The van der Waals surface area contributed by atoms with Crippen molar-refractivity contribution in [1.29, 1.82) is 0 Å². The molecule has 1 aliphatic rings. The third kappa shape index (κ3) is 20.9. The maximum atomic E-state index is 5.74. The molecular formula is C71H106Br2N4S3. The molecule has 0 amide bonds. The van der Waals surface area contributed by atoms with E-state index < -0.39 is 0 Å². The SMILES string of the molecule is CCCCCCCCCCCCC(CCCCCCCCCC)Cc1cc(-c2c3nsnc3c(-c3cc(CC(CCCCCCCCCC)CCCCCCCCCCCC)c(Br)s3)c3nc4c(nc23)Cc2ccccc2-4)sc1Br. The standard InChI is InChI=1S/C71H106Br2N4S3/c1-5-9-13-17-21-25-27-31-35-39-45-54(43-37-33-29-23-19-15-11-7-3)49-57-52-61(78-70(57)72)63-66-67(75-65-59-48-42-41-47-56(59)51-60(65)74-66)64(69-68(63)76-80-77-69)62-53-58(71(73)79-62)50-55(44-38-34-30-24-20-16-12-8-4)46-40-36-32-28-26-22-18-14-10-6-2/h41-42,47-48,52-55H,5-40,43-46,49-51H2,1-4H3. The summed E-state index contributed by atoms with van der Waals surface area (Å²) in [6.45, 7) is 9.28. The normalized spacial score (nSPS) is 13.1. The molecule has 7 rings (SSSR count). The monoisotopic (exact) mass is 1270 g/mol. The molecule has 0 radical (unpaired) electrons. The second kappa shape index (κ2) is 38.1. The Hall–Kier alpha value is -2.04. The maximum absolute atomic E-state index is 5.74. The summed E-state index contributed by atoms with van der Waals surface area (Å²) in [5.41, 5.74) is 13.7. The summed E-state index contributed by atoms with van der Waals surface area (Å²) in [5.74, 6) is 1.40. The molecule has 2 atom stereocenters. The lowest BCUT2D eigenvalue weighted by Gasteiger charge is -2.17. The van der Waals surface area contributed by atoms with E-state index >= 15 is 0 Å². The van der Waals surface area contributed by atoms with Crippen LogP contribution in [0.25, 0.3) is 54.2 Å². The van der Waals surface area contributed by atoms with Crippen LogP contribution >= 0.6 is 66.3 Å². The van der Waals surface area contributed by atoms with Gasteiger partial charge in [-0.1, -0.05) is 309 Å². The Labute approximate surface area is 517 Å². The van der Waals surface area contributed by atoms with Crippen LogP contribution in [-0.4, -0.2) is 18.7 Å². The molecule has 1 aliphatic carbocycles. The van der Waals surface area contributed by atoms with E-state index in [0.717, 1.165) is 63.8 Å². The zero-order valence-corrected chi connectivity index (χ0v) is 56.4. The van der Waals surface area contributed by atoms with E-state index in [2.05, 4.69) is 96.0 Å². The Bertz CT molecular complexity index is 2650. The van der Waals surface area contributed by atoms with Gasteiger partial charge in [-0.25, -0.2) is 9.97 Å². The number of aromatic nitrogens is 4. The molecule has 6 aromatic rings. The highest BCUT2D eigenvalue weighted by molar-refractivity contribution is 9.11. The van der Waals surface area contributed by atoms with Crippen molar-refractivity contribution in [3.8, 4) is 32.1 Å². The lowest BCUT2D eigenvalue weighted by atomic mass is 9.89. The Morgan fingerprint density at radius 2 is 0.750 bits per heavy atom. The molecule has 0 N–H and O–H groups in total. The molecule has 0 saturated carbocycles. The van der Waals surface area contributed by atoms with E-state index in [-0.39, 0.29) is 0 Å². The van der Waals surface area contributed by atoms with E-state index in [1.54, 1.807) is 0 Å². The molecule has 2 unspecified atom stereocenters. The number of halogens is 2. The van der Waals surface area contributed by atoms with Crippen molar-refractivity contribution in [2.45, 2.75) is 304 Å². The van der Waals surface area contributed by atoms with Gasteiger partial charge in [0.2, 0.25) is 0 Å². The molecule has 0 aliphatic heterocycles. The van der Waals surface area contributed by atoms with Crippen molar-refractivity contribution in [2.24, 2.45) is 11.8 Å². The third-order valence-electron chi connectivity index (χ3n) is 17.9. The highest BCUT2D eigenvalue weighted by atomic mass is 79.9. The van der Waals surface area contributed by atoms with Crippen molar-refractivity contribution in [1.82, 2.24) is 18.7 Å². The molecule has 9 heteroatoms. The fourth-order valence-corrected chi connectivity index (χ4v) is 17.2. The van der Waals surface area contributed by atoms with Gasteiger partial charge in [-0.3, -0.25) is 0 Å². The van der Waals surface area contributed by atoms with Gasteiger partial charge < -0.3 is 0 Å². The van der Waals surface area contributed by atoms with E-state index in [1.807, 2.05) is 22.7 Å². The number of hydrogen-bond acceptors (Lipinski definition) is 7. The molecule has 4 aromatic heterocycles. The minimum Gasteiger partial charge on any atom is -0.248 e. The Balaban J connectivity index is 1.13. The van der Waals surface area contributed by atoms with Gasteiger partial charge in [0, 0.05) is 32.9 Å². The third-order valence-corrected chi connectivity index (χ3v) is 22.4. The van der Waals surface area contributed by atoms with E-state index in [4.69, 9.17) is 18.7 Å². The van der Waals surface area contributed by atoms with Crippen LogP contribution in [0.4, 0.5) is 0 Å². The van der Waals surface area contributed by atoms with Crippen molar-refractivity contribution >= 4 is 88.3 Å². The number of thiophene rings is 2. The van der Waals surface area contributed by atoms with E-state index in [0.29, 0.717) is 11.8 Å². The first-order chi connectivity index (χ1) is 39.4. The minimum absolute atomic E-state index is 0.698. The van der Waals surface area contributed by atoms with Crippen LogP contribution in [0.1, 0.15) is 307 Å². The Morgan fingerprint density at radius 1 is 0.412 bits per heavy atom. The summed E-state index contributed by atoms with van der Waals surface area (Å²) in [6.07, 6.45) is 58.3. The number of rotatable bonds is 46. The molecule has 442 valence electrons. The lowest BCUT2D eigenvalue weighted by Crippen LogP contribution is -2.05. The van der Waals surface area contributed by atoms with Crippen LogP contribution in [0, 0.1) is 11.8 Å². The van der Waals surface area contributed by atoms with Crippen LogP contribution in [-0.2, 0) is 19.3 Å². The van der Waals surface area contributed by atoms with Crippen molar-refractivity contribution in [3.05, 3.63) is 66.4 Å². The first kappa shape index (κ1) is 65.5. The summed E-state index contributed by atoms with van der Waals surface area (Å²) in [5, 5.41) is 0. The van der Waals surface area contributed by atoms with Crippen molar-refractivity contribution in [3.63, 3.8) is 0 Å². The molecule has 0 saturated heterocycles. The summed E-state index contributed by atoms with van der Waals surface area (Å²) >= 11 is 13.5. The van der Waals surface area contributed by atoms with Crippen LogP contribution in [0.15, 0.2) is 44.0 Å². The molecule has 4 nitrogen and oxygen atoms in total. The minimum atomic E-state index is 0.698. The number of nitrogens with zero attached hydrogens (tertiary/aromatic N) is 4. The topological polar surface area (TPSA) is 51.6 Å². The van der Waals surface area contributed by atoms with Gasteiger partial charge in [0.1, 0.15) is 22.1 Å². The van der Waals surface area contributed by atoms with Crippen molar-refractivity contribution < 1.29 is 0 Å². The molecule has 0 bridgehead atoms. The van der Waals surface area contributed by atoms with Crippen LogP contribution in [0.3, 0.4) is 0 Å². The Morgan fingerprint density at radius 3 is 1.12 bits per heavy atom. The van der Waals surface area contributed by atoms with Crippen LogP contribution in [0.5, 0.6) is 0 Å². The van der Waals surface area contributed by atoms with Gasteiger partial charge in [0.25, 0.3) is 0 Å². The van der Waals surface area contributed by atoms with Gasteiger partial charge in [0.15, 0.2) is 0 Å². The summed E-state index contributed by atoms with van der Waals surface area (Å²) in [6, 6.07) is 13.8. The number of benzene rings is 2. The highest BCUT2D eigenvalue weighted by Crippen LogP contribution is 2.50. The highest BCUT2D eigenvalue weighted by Gasteiger charge is 2.30. The van der Waals surface area contributed by atoms with Gasteiger partial charge in [0.05, 0.1) is 30.7 Å². The van der Waals surface area contributed by atoms with Crippen LogP contribution in [0.2, 0.25) is 0 Å². The zero-order chi connectivity index (χ0) is 56.0. The summed E-state index contributed by atoms with van der Waals surface area (Å²) < 4.78 is 12.9. The van der Waals surface area contributed by atoms with Gasteiger partial charge >= 0.3 is 0 Å². The van der Waals surface area contributed by atoms with Gasteiger partial charge in [-0.2, -0.15) is 8.75 Å². The largest absolute Gasteiger partial charge is 0.248 e. The molecule has 2 aromatic carbocycles. The predicted molar refractivity (Wildman–Crippen MR) is 363 cm³/mol. The van der Waals surface area contributed by atoms with Crippen LogP contribution < -0.4 is 0 Å². The number of hydrogen-bond donors (Lipinski definition) is 0. The predicted octanol–water partition coefficient (Wildman–Crippen LogP) is 26.2. The summed E-state index contributed by atoms with van der Waals surface area (Å²) in [4.78, 5) is 13.9. The average Bonchev–Trinajstić information content (AvgIpc) is 4.31. The first-order valence-corrected chi connectivity index (χ1v) is 37.5. The van der Waals surface area contributed by atoms with E-state index in [1.165, 1.54) is 308 Å². The molecule has 0 fully saturated rings. The van der Waals surface area contributed by atoms with E-state index in [9.17, 15) is 0 Å². The van der Waals surface area contributed by atoms with Crippen molar-refractivity contribution in [2.75, 3.05) is 0 Å². The van der Waals surface area contributed by atoms with Gasteiger partial charge in [-0.15, -0.1) is 22.7 Å². The molecule has 80 heavy (non-hydrogen) atoms. The second-order valence-electron chi connectivity index (χ2n) is 24.7. The first-order valence-electron chi connectivity index (χ1n) is 33.6. The number of fused-ring (bicyclic) bond motifs is 5. The average molecular weight is 1270 g/mol. The Kier molecular flexibility index (Phi) is 31.2. The maximum Gasteiger partial charge on any atom is 0.116 e. The summed E-state index contributed by atoms with van der Waals surface area (Å²) in [7, 11) is 0.